The Labute approximate surface area is 181 Å². The lowest BCUT2D eigenvalue weighted by atomic mass is 10.2. The van der Waals surface area contributed by atoms with Crippen LogP contribution in [0, 0.1) is 10.1 Å². The average molecular weight is 424 g/mol. The van der Waals surface area contributed by atoms with Gasteiger partial charge in [-0.2, -0.15) is 10.2 Å². The Bertz CT molecular complexity index is 1440. The molecule has 9 nitrogen and oxygen atoms in total. The zero-order chi connectivity index (χ0) is 21.9. The third-order valence-corrected chi connectivity index (χ3v) is 4.76. The first-order chi connectivity index (χ1) is 15.7. The molecule has 32 heavy (non-hydrogen) atoms. The lowest BCUT2D eigenvalue weighted by Gasteiger charge is -2.01. The number of benzene rings is 2. The minimum Gasteiger partial charge on any atom is -0.399 e. The molecular formula is C23H16N6O3. The molecule has 0 radical (unpaired) electrons. The van der Waals surface area contributed by atoms with E-state index in [9.17, 15) is 10.1 Å². The van der Waals surface area contributed by atoms with Crippen molar-refractivity contribution in [1.29, 1.82) is 0 Å². The van der Waals surface area contributed by atoms with Crippen molar-refractivity contribution in [2.45, 2.75) is 0 Å². The largest absolute Gasteiger partial charge is 0.433 e. The Morgan fingerprint density at radius 3 is 2.69 bits per heavy atom. The number of nitrogens with one attached hydrogen (secondary N) is 1. The summed E-state index contributed by atoms with van der Waals surface area (Å²) in [5.41, 5.74) is 6.48. The molecule has 2 aromatic carbocycles. The average Bonchev–Trinajstić information content (AvgIpc) is 3.47. The maximum absolute atomic E-state index is 11.0. The van der Waals surface area contributed by atoms with Crippen LogP contribution in [-0.2, 0) is 0 Å². The number of hydrogen-bond acceptors (Lipinski definition) is 7. The van der Waals surface area contributed by atoms with E-state index in [1.54, 1.807) is 23.3 Å². The van der Waals surface area contributed by atoms with Crippen LogP contribution in [0.3, 0.4) is 0 Å². The van der Waals surface area contributed by atoms with Crippen molar-refractivity contribution < 1.29 is 9.34 Å². The van der Waals surface area contributed by atoms with Gasteiger partial charge in [-0.25, -0.2) is 4.68 Å². The fraction of sp³-hybridized carbons (Fsp3) is 0. The van der Waals surface area contributed by atoms with Gasteiger partial charge in [0.15, 0.2) is 5.76 Å². The second kappa shape index (κ2) is 8.15. The topological polar surface area (TPSA) is 111 Å². The molecule has 0 aliphatic heterocycles. The van der Waals surface area contributed by atoms with E-state index in [2.05, 4.69) is 20.6 Å². The van der Waals surface area contributed by atoms with E-state index >= 15 is 0 Å². The van der Waals surface area contributed by atoms with Crippen LogP contribution in [0.25, 0.3) is 28.0 Å². The summed E-state index contributed by atoms with van der Waals surface area (Å²) in [6.07, 6.45) is 5.07. The van der Waals surface area contributed by atoms with Crippen molar-refractivity contribution in [3.05, 3.63) is 101 Å². The molecule has 156 valence electrons. The lowest BCUT2D eigenvalue weighted by Crippen LogP contribution is -1.93. The van der Waals surface area contributed by atoms with Crippen molar-refractivity contribution in [1.82, 2.24) is 14.8 Å². The van der Waals surface area contributed by atoms with Crippen molar-refractivity contribution in [3.8, 4) is 17.1 Å². The van der Waals surface area contributed by atoms with E-state index in [4.69, 9.17) is 4.42 Å². The van der Waals surface area contributed by atoms with Crippen LogP contribution in [-0.4, -0.2) is 25.9 Å². The quantitative estimate of drug-likeness (QED) is 0.232. The van der Waals surface area contributed by atoms with Gasteiger partial charge in [0, 0.05) is 17.1 Å². The van der Waals surface area contributed by atoms with Gasteiger partial charge in [-0.3, -0.25) is 20.5 Å². The fourth-order valence-electron chi connectivity index (χ4n) is 3.25. The minimum absolute atomic E-state index is 0.278. The minimum atomic E-state index is -0.584. The van der Waals surface area contributed by atoms with E-state index in [0.717, 1.165) is 22.3 Å². The first-order valence-electron chi connectivity index (χ1n) is 9.71. The van der Waals surface area contributed by atoms with E-state index < -0.39 is 4.92 Å². The number of pyridine rings is 1. The molecule has 0 amide bonds. The molecule has 0 saturated carbocycles. The molecule has 0 fully saturated rings. The molecule has 0 unspecified atom stereocenters. The van der Waals surface area contributed by atoms with Gasteiger partial charge in [0.25, 0.3) is 0 Å². The molecule has 3 aromatic heterocycles. The Morgan fingerprint density at radius 2 is 1.88 bits per heavy atom. The first kappa shape index (κ1) is 19.2. The van der Waals surface area contributed by atoms with Gasteiger partial charge < -0.3 is 4.42 Å². The molecular weight excluding hydrogens is 408 g/mol. The van der Waals surface area contributed by atoms with Crippen molar-refractivity contribution in [3.63, 3.8) is 0 Å². The molecule has 5 aromatic rings. The highest BCUT2D eigenvalue weighted by atomic mass is 16.6. The summed E-state index contributed by atoms with van der Waals surface area (Å²) < 4.78 is 7.04. The van der Waals surface area contributed by atoms with Crippen LogP contribution in [0.1, 0.15) is 5.56 Å². The van der Waals surface area contributed by atoms with Crippen LogP contribution in [0.15, 0.2) is 94.7 Å². The summed E-state index contributed by atoms with van der Waals surface area (Å²) in [5.74, 6) is -0.0716. The van der Waals surface area contributed by atoms with Gasteiger partial charge in [-0.1, -0.05) is 36.4 Å². The van der Waals surface area contributed by atoms with Gasteiger partial charge in [0.05, 0.1) is 35.4 Å². The third kappa shape index (κ3) is 3.82. The van der Waals surface area contributed by atoms with E-state index in [0.29, 0.717) is 11.3 Å². The van der Waals surface area contributed by atoms with Crippen LogP contribution >= 0.6 is 0 Å². The highest BCUT2D eigenvalue weighted by molar-refractivity contribution is 5.88. The molecule has 5 rings (SSSR count). The fourth-order valence-corrected chi connectivity index (χ4v) is 3.25. The van der Waals surface area contributed by atoms with E-state index in [1.165, 1.54) is 12.1 Å². The zero-order valence-corrected chi connectivity index (χ0v) is 16.6. The number of furan rings is 1. The number of nitrogens with zero attached hydrogens (tertiary/aromatic N) is 5. The zero-order valence-electron chi connectivity index (χ0n) is 16.6. The maximum atomic E-state index is 11.0. The molecule has 0 atom stereocenters. The van der Waals surface area contributed by atoms with Crippen LogP contribution in [0.4, 0.5) is 11.6 Å². The number of aromatic nitrogens is 3. The standard InChI is InChI=1S/C23H16N6O3/c30-29(31)22-11-10-21(32-22)23-17(15-28(27-23)19-7-2-1-3-8-19)13-25-26-18-12-16-6-4-5-9-20(16)24-14-18/h1-15,26H/b25-13+. The number of nitro groups is 1. The molecule has 9 heteroatoms. The third-order valence-electron chi connectivity index (χ3n) is 4.76. The number of rotatable bonds is 6. The Morgan fingerprint density at radius 1 is 1.06 bits per heavy atom. The van der Waals surface area contributed by atoms with Gasteiger partial charge in [0.2, 0.25) is 0 Å². The molecule has 0 saturated heterocycles. The summed E-state index contributed by atoms with van der Waals surface area (Å²) in [4.78, 5) is 14.8. The Hall–Kier alpha value is -4.79. The van der Waals surface area contributed by atoms with E-state index in [1.807, 2.05) is 60.7 Å². The highest BCUT2D eigenvalue weighted by Gasteiger charge is 2.18. The molecule has 0 spiro atoms. The van der Waals surface area contributed by atoms with Crippen molar-refractivity contribution >= 4 is 28.7 Å². The van der Waals surface area contributed by atoms with Crippen molar-refractivity contribution in [2.75, 3.05) is 5.43 Å². The van der Waals surface area contributed by atoms with Gasteiger partial charge in [-0.15, -0.1) is 0 Å². The smallest absolute Gasteiger partial charge is 0.399 e. The summed E-state index contributed by atoms with van der Waals surface area (Å²) in [7, 11) is 0. The van der Waals surface area contributed by atoms with Crippen LogP contribution in [0.5, 0.6) is 0 Å². The number of anilines is 1. The normalized spacial score (nSPS) is 11.2. The summed E-state index contributed by atoms with van der Waals surface area (Å²) in [6.45, 7) is 0. The second-order valence-electron chi connectivity index (χ2n) is 6.89. The van der Waals surface area contributed by atoms with E-state index in [-0.39, 0.29) is 11.6 Å². The monoisotopic (exact) mass is 424 g/mol. The molecule has 0 aliphatic carbocycles. The molecule has 3 heterocycles. The van der Waals surface area contributed by atoms with Crippen LogP contribution < -0.4 is 5.43 Å². The van der Waals surface area contributed by atoms with Gasteiger partial charge >= 0.3 is 5.88 Å². The number of hydrazone groups is 1. The number of para-hydroxylation sites is 2. The van der Waals surface area contributed by atoms with Crippen molar-refractivity contribution in [2.24, 2.45) is 5.10 Å². The Balaban J connectivity index is 1.47. The highest BCUT2D eigenvalue weighted by Crippen LogP contribution is 2.28. The predicted octanol–water partition coefficient (Wildman–Crippen LogP) is 5.03. The lowest BCUT2D eigenvalue weighted by molar-refractivity contribution is -0.401. The predicted molar refractivity (Wildman–Crippen MR) is 121 cm³/mol. The van der Waals surface area contributed by atoms with Crippen LogP contribution in [0.2, 0.25) is 0 Å². The summed E-state index contributed by atoms with van der Waals surface area (Å²) in [6, 6.07) is 22.1. The molecule has 0 bridgehead atoms. The summed E-state index contributed by atoms with van der Waals surface area (Å²) >= 11 is 0. The van der Waals surface area contributed by atoms with Gasteiger partial charge in [0.1, 0.15) is 10.6 Å². The second-order valence-corrected chi connectivity index (χ2v) is 6.89. The summed E-state index contributed by atoms with van der Waals surface area (Å²) in [5, 5.41) is 20.9. The number of fused-ring (bicyclic) bond motifs is 1. The first-order valence-corrected chi connectivity index (χ1v) is 9.71. The van der Waals surface area contributed by atoms with Gasteiger partial charge in [-0.05, 0) is 30.3 Å². The maximum Gasteiger partial charge on any atom is 0.433 e. The number of hydrogen-bond donors (Lipinski definition) is 1. The SMILES string of the molecule is O=[N+]([O-])c1ccc(-c2nn(-c3ccccc3)cc2/C=N/Nc2cnc3ccccc3c2)o1. The molecule has 1 N–H and O–H groups in total. The Kier molecular flexibility index (Phi) is 4.89. The molecule has 0 aliphatic rings.